The van der Waals surface area contributed by atoms with E-state index in [0.29, 0.717) is 18.4 Å². The Balaban J connectivity index is 3.38. The highest BCUT2D eigenvalue weighted by molar-refractivity contribution is 5.97. The van der Waals surface area contributed by atoms with Gasteiger partial charge in [-0.2, -0.15) is 0 Å². The highest BCUT2D eigenvalue weighted by atomic mass is 16.5. The van der Waals surface area contributed by atoms with Crippen LogP contribution in [0.25, 0.3) is 0 Å². The number of aliphatic hydroxyl groups is 2. The third-order valence-electron chi connectivity index (χ3n) is 5.28. The quantitative estimate of drug-likeness (QED) is 0.559. The molecule has 0 radical (unpaired) electrons. The minimum absolute atomic E-state index is 0.176. The fraction of sp³-hybridized carbons (Fsp3) is 0.500. The summed E-state index contributed by atoms with van der Waals surface area (Å²) in [4.78, 5) is 36.7. The minimum Gasteiger partial charge on any atom is -0.458 e. The van der Waals surface area contributed by atoms with Gasteiger partial charge in [-0.1, -0.05) is 54.5 Å². The molecule has 0 aromatic heterocycles. The van der Waals surface area contributed by atoms with E-state index in [-0.39, 0.29) is 5.78 Å². The third kappa shape index (κ3) is 10.6. The number of aliphatic hydroxyl groups excluding tert-OH is 2. The van der Waals surface area contributed by atoms with Crippen molar-refractivity contribution in [2.45, 2.75) is 78.7 Å². The predicted octanol–water partition coefficient (Wildman–Crippen LogP) is 3.09. The van der Waals surface area contributed by atoms with Crippen LogP contribution >= 0.6 is 0 Å². The van der Waals surface area contributed by atoms with Crippen molar-refractivity contribution in [2.24, 2.45) is 5.92 Å². The standard InChI is InChI=1S/C26H37NO6/c1-16-7-11-22(30)12-8-17(2)15-24(27-26(32)20(5)28)19(4)25(31)18(3)10-14-23(13-9-16)33-21(6)29/h7-10,12-13,15,19-20,22-24,28,30H,11,14H2,1-6H3,(H,27,32)/b12-8-,13-9-,16-7+,17-15+,18-10+. The van der Waals surface area contributed by atoms with Crippen molar-refractivity contribution in [3.63, 3.8) is 0 Å². The van der Waals surface area contributed by atoms with Crippen molar-refractivity contribution in [3.8, 4) is 0 Å². The summed E-state index contributed by atoms with van der Waals surface area (Å²) in [7, 11) is 0. The molecule has 0 fully saturated rings. The van der Waals surface area contributed by atoms with Gasteiger partial charge in [-0.3, -0.25) is 14.4 Å². The van der Waals surface area contributed by atoms with Crippen molar-refractivity contribution in [1.82, 2.24) is 5.32 Å². The Hall–Kier alpha value is -2.77. The highest BCUT2D eigenvalue weighted by Gasteiger charge is 2.26. The third-order valence-corrected chi connectivity index (χ3v) is 5.28. The number of nitrogens with one attached hydrogen (secondary N) is 1. The Labute approximate surface area is 196 Å². The van der Waals surface area contributed by atoms with Crippen molar-refractivity contribution >= 4 is 17.7 Å². The summed E-state index contributed by atoms with van der Waals surface area (Å²) in [5.41, 5.74) is 2.14. The summed E-state index contributed by atoms with van der Waals surface area (Å²) in [6.45, 7) is 9.78. The molecule has 0 spiro atoms. The molecule has 1 amide bonds. The van der Waals surface area contributed by atoms with E-state index in [1.165, 1.54) is 13.8 Å². The molecule has 33 heavy (non-hydrogen) atoms. The van der Waals surface area contributed by atoms with Gasteiger partial charge in [0.05, 0.1) is 12.1 Å². The number of amides is 1. The number of rotatable bonds is 3. The molecule has 0 aromatic carbocycles. The molecule has 1 rings (SSSR count). The number of hydrogen-bond donors (Lipinski definition) is 3. The van der Waals surface area contributed by atoms with Crippen molar-refractivity contribution in [3.05, 3.63) is 59.3 Å². The van der Waals surface area contributed by atoms with Gasteiger partial charge >= 0.3 is 5.97 Å². The topological polar surface area (TPSA) is 113 Å². The summed E-state index contributed by atoms with van der Waals surface area (Å²) in [6, 6.07) is -0.660. The van der Waals surface area contributed by atoms with Crippen LogP contribution in [-0.2, 0) is 19.1 Å². The van der Waals surface area contributed by atoms with Crippen LogP contribution in [0, 0.1) is 5.92 Å². The van der Waals surface area contributed by atoms with Crippen molar-refractivity contribution < 1.29 is 29.3 Å². The molecule has 5 unspecified atom stereocenters. The Morgan fingerprint density at radius 3 is 2.33 bits per heavy atom. The molecular formula is C26H37NO6. The zero-order chi connectivity index (χ0) is 25.1. The van der Waals surface area contributed by atoms with E-state index >= 15 is 0 Å². The normalized spacial score (nSPS) is 33.1. The van der Waals surface area contributed by atoms with Gasteiger partial charge in [-0.05, 0) is 45.8 Å². The number of carbonyl (C=O) groups excluding carboxylic acids is 3. The Kier molecular flexibility index (Phi) is 11.7. The van der Waals surface area contributed by atoms with E-state index in [1.807, 2.05) is 26.0 Å². The number of Topliss-reactive ketones (excluding diaryl/α,β-unsaturated/α-hetero) is 1. The maximum Gasteiger partial charge on any atom is 0.303 e. The minimum atomic E-state index is -1.22. The summed E-state index contributed by atoms with van der Waals surface area (Å²) >= 11 is 0. The van der Waals surface area contributed by atoms with Crippen molar-refractivity contribution in [2.75, 3.05) is 0 Å². The van der Waals surface area contributed by atoms with Gasteiger partial charge in [-0.25, -0.2) is 0 Å². The van der Waals surface area contributed by atoms with E-state index in [9.17, 15) is 24.6 Å². The molecule has 7 nitrogen and oxygen atoms in total. The first kappa shape index (κ1) is 28.3. The van der Waals surface area contributed by atoms with Gasteiger partial charge in [0.2, 0.25) is 5.91 Å². The molecule has 5 atom stereocenters. The van der Waals surface area contributed by atoms with E-state index in [4.69, 9.17) is 4.74 Å². The molecule has 0 saturated carbocycles. The lowest BCUT2D eigenvalue weighted by Crippen LogP contribution is -2.45. The molecule has 1 aliphatic carbocycles. The molecule has 0 bridgehead atoms. The van der Waals surface area contributed by atoms with Crippen LogP contribution in [0.5, 0.6) is 0 Å². The molecule has 1 aliphatic rings. The lowest BCUT2D eigenvalue weighted by atomic mass is 9.90. The van der Waals surface area contributed by atoms with Crippen LogP contribution in [0.15, 0.2) is 59.3 Å². The number of hydrogen-bond acceptors (Lipinski definition) is 6. The van der Waals surface area contributed by atoms with Gasteiger partial charge in [-0.15, -0.1) is 0 Å². The molecule has 0 saturated heterocycles. The summed E-state index contributed by atoms with van der Waals surface area (Å²) in [6.07, 6.45) is 10.5. The SMILES string of the molecule is CC(=O)OC1/C=C\C(C)=C\CC(O)/C=C\C(C)=C\C(NC(=O)C(C)O)C(C)C(=O)/C(C)=C/C1. The van der Waals surface area contributed by atoms with E-state index < -0.39 is 42.1 Å². The Bertz CT molecular complexity index is 862. The summed E-state index contributed by atoms with van der Waals surface area (Å²) in [5.74, 6) is -1.80. The van der Waals surface area contributed by atoms with Crippen LogP contribution in [-0.4, -0.2) is 52.2 Å². The van der Waals surface area contributed by atoms with E-state index in [0.717, 1.165) is 11.1 Å². The summed E-state index contributed by atoms with van der Waals surface area (Å²) < 4.78 is 5.35. The van der Waals surface area contributed by atoms with E-state index in [2.05, 4.69) is 5.32 Å². The molecule has 182 valence electrons. The predicted molar refractivity (Wildman–Crippen MR) is 128 cm³/mol. The van der Waals surface area contributed by atoms with Gasteiger partial charge in [0, 0.05) is 19.3 Å². The molecule has 7 heteroatoms. The number of esters is 1. The zero-order valence-corrected chi connectivity index (χ0v) is 20.4. The molecule has 3 N–H and O–H groups in total. The van der Waals surface area contributed by atoms with E-state index in [1.54, 1.807) is 44.2 Å². The number of carbonyl (C=O) groups is 3. The summed E-state index contributed by atoms with van der Waals surface area (Å²) in [5, 5.41) is 22.6. The second-order valence-electron chi connectivity index (χ2n) is 8.51. The maximum absolute atomic E-state index is 13.1. The first-order chi connectivity index (χ1) is 15.4. The average Bonchev–Trinajstić information content (AvgIpc) is 2.75. The first-order valence-corrected chi connectivity index (χ1v) is 11.2. The number of allylic oxidation sites excluding steroid dienone is 5. The largest absolute Gasteiger partial charge is 0.458 e. The maximum atomic E-state index is 13.1. The fourth-order valence-electron chi connectivity index (χ4n) is 3.20. The van der Waals surface area contributed by atoms with Gasteiger partial charge in [0.25, 0.3) is 0 Å². The lowest BCUT2D eigenvalue weighted by molar-refractivity contribution is -0.144. The number of ketones is 1. The fourth-order valence-corrected chi connectivity index (χ4v) is 3.20. The van der Waals surface area contributed by atoms with Gasteiger partial charge in [0.15, 0.2) is 5.78 Å². The molecular weight excluding hydrogens is 422 g/mol. The van der Waals surface area contributed by atoms with Crippen molar-refractivity contribution in [1.29, 1.82) is 0 Å². The van der Waals surface area contributed by atoms with Gasteiger partial charge in [0.1, 0.15) is 12.2 Å². The Morgan fingerprint density at radius 2 is 1.73 bits per heavy atom. The second-order valence-corrected chi connectivity index (χ2v) is 8.51. The molecule has 0 aromatic rings. The van der Waals surface area contributed by atoms with Crippen LogP contribution < -0.4 is 5.32 Å². The second kappa shape index (κ2) is 13.7. The zero-order valence-electron chi connectivity index (χ0n) is 20.4. The van der Waals surface area contributed by atoms with Crippen LogP contribution in [0.2, 0.25) is 0 Å². The van der Waals surface area contributed by atoms with Crippen LogP contribution in [0.4, 0.5) is 0 Å². The van der Waals surface area contributed by atoms with Crippen LogP contribution in [0.1, 0.15) is 54.4 Å². The monoisotopic (exact) mass is 459 g/mol. The Morgan fingerprint density at radius 1 is 1.09 bits per heavy atom. The van der Waals surface area contributed by atoms with Gasteiger partial charge < -0.3 is 20.3 Å². The highest BCUT2D eigenvalue weighted by Crippen LogP contribution is 2.17. The smallest absolute Gasteiger partial charge is 0.303 e. The first-order valence-electron chi connectivity index (χ1n) is 11.2. The number of ether oxygens (including phenoxy) is 1. The average molecular weight is 460 g/mol. The van der Waals surface area contributed by atoms with Crippen LogP contribution in [0.3, 0.4) is 0 Å². The molecule has 0 aliphatic heterocycles. The molecule has 0 heterocycles. The lowest BCUT2D eigenvalue weighted by Gasteiger charge is -2.23.